The van der Waals surface area contributed by atoms with E-state index in [9.17, 15) is 14.0 Å². The Kier molecular flexibility index (Phi) is 6.06. The first-order valence-electron chi connectivity index (χ1n) is 8.81. The van der Waals surface area contributed by atoms with Gasteiger partial charge in [0.15, 0.2) is 0 Å². The number of halogens is 1. The number of imide groups is 1. The second kappa shape index (κ2) is 8.67. The Balaban J connectivity index is 1.98. The van der Waals surface area contributed by atoms with Crippen molar-refractivity contribution in [2.75, 3.05) is 32.7 Å². The van der Waals surface area contributed by atoms with E-state index in [4.69, 9.17) is 9.47 Å². The highest BCUT2D eigenvalue weighted by atomic mass is 19.1. The van der Waals surface area contributed by atoms with Gasteiger partial charge in [-0.15, -0.1) is 0 Å². The van der Waals surface area contributed by atoms with Crippen molar-refractivity contribution >= 4 is 23.1 Å². The largest absolute Gasteiger partial charge is 0.497 e. The monoisotopic (exact) mass is 384 g/mol. The Morgan fingerprint density at radius 3 is 2.46 bits per heavy atom. The number of amides is 2. The molecule has 0 radical (unpaired) electrons. The standard InChI is InChI=1S/C21H21FN2O4/c1-27-12-4-11-24-20(25)18(14-7-9-15(22)10-8-14)19(21(24)26)23-16-5-3-6-17(13-16)28-2/h3,5-10,13,23H,4,11-12H2,1-2H3. The molecule has 0 aromatic heterocycles. The molecule has 28 heavy (non-hydrogen) atoms. The van der Waals surface area contributed by atoms with Crippen LogP contribution in [0.1, 0.15) is 12.0 Å². The first kappa shape index (κ1) is 19.6. The molecule has 0 bridgehead atoms. The molecule has 0 saturated carbocycles. The summed E-state index contributed by atoms with van der Waals surface area (Å²) in [5.41, 5.74) is 1.45. The summed E-state index contributed by atoms with van der Waals surface area (Å²) in [5, 5.41) is 3.04. The molecule has 0 aliphatic carbocycles. The van der Waals surface area contributed by atoms with E-state index in [1.165, 1.54) is 29.2 Å². The minimum atomic E-state index is -0.428. The fraction of sp³-hybridized carbons (Fsp3) is 0.238. The number of carbonyl (C=O) groups excluding carboxylic acids is 2. The highest BCUT2D eigenvalue weighted by Gasteiger charge is 2.38. The molecule has 6 nitrogen and oxygen atoms in total. The fourth-order valence-electron chi connectivity index (χ4n) is 2.99. The van der Waals surface area contributed by atoms with Gasteiger partial charge in [0.2, 0.25) is 0 Å². The summed E-state index contributed by atoms with van der Waals surface area (Å²) in [5.74, 6) is -0.649. The molecule has 1 heterocycles. The van der Waals surface area contributed by atoms with Crippen LogP contribution in [0.5, 0.6) is 5.75 Å². The molecule has 1 N–H and O–H groups in total. The van der Waals surface area contributed by atoms with Crippen molar-refractivity contribution in [1.29, 1.82) is 0 Å². The summed E-state index contributed by atoms with van der Waals surface area (Å²) in [4.78, 5) is 27.1. The predicted octanol–water partition coefficient (Wildman–Crippen LogP) is 3.06. The van der Waals surface area contributed by atoms with Crippen LogP contribution in [0.25, 0.3) is 5.57 Å². The molecule has 0 unspecified atom stereocenters. The molecular formula is C21H21FN2O4. The van der Waals surface area contributed by atoms with Gasteiger partial charge in [-0.2, -0.15) is 0 Å². The third kappa shape index (κ3) is 4.04. The van der Waals surface area contributed by atoms with Crippen LogP contribution in [-0.2, 0) is 14.3 Å². The number of anilines is 1. The molecule has 3 rings (SSSR count). The number of rotatable bonds is 8. The Hall–Kier alpha value is -3.19. The quantitative estimate of drug-likeness (QED) is 0.560. The Morgan fingerprint density at radius 1 is 1.04 bits per heavy atom. The van der Waals surface area contributed by atoms with Crippen LogP contribution in [0.3, 0.4) is 0 Å². The van der Waals surface area contributed by atoms with E-state index in [0.29, 0.717) is 30.0 Å². The number of ether oxygens (including phenoxy) is 2. The van der Waals surface area contributed by atoms with Crippen LogP contribution in [0.15, 0.2) is 54.2 Å². The third-order valence-corrected chi connectivity index (χ3v) is 4.37. The third-order valence-electron chi connectivity index (χ3n) is 4.37. The van der Waals surface area contributed by atoms with Crippen molar-refractivity contribution in [1.82, 2.24) is 4.90 Å². The number of methoxy groups -OCH3 is 2. The molecule has 146 valence electrons. The van der Waals surface area contributed by atoms with E-state index < -0.39 is 17.6 Å². The predicted molar refractivity (Wildman–Crippen MR) is 103 cm³/mol. The minimum Gasteiger partial charge on any atom is -0.497 e. The molecule has 0 saturated heterocycles. The van der Waals surface area contributed by atoms with Gasteiger partial charge in [-0.1, -0.05) is 18.2 Å². The van der Waals surface area contributed by atoms with Gasteiger partial charge in [-0.25, -0.2) is 4.39 Å². The molecule has 1 aliphatic rings. The number of nitrogens with one attached hydrogen (secondary N) is 1. The van der Waals surface area contributed by atoms with Crippen LogP contribution in [0.2, 0.25) is 0 Å². The number of carbonyl (C=O) groups is 2. The van der Waals surface area contributed by atoms with Gasteiger partial charge in [0.05, 0.1) is 12.7 Å². The Morgan fingerprint density at radius 2 is 1.79 bits per heavy atom. The van der Waals surface area contributed by atoms with E-state index in [2.05, 4.69) is 5.32 Å². The second-order valence-corrected chi connectivity index (χ2v) is 6.22. The van der Waals surface area contributed by atoms with Crippen molar-refractivity contribution in [3.63, 3.8) is 0 Å². The van der Waals surface area contributed by atoms with Crippen LogP contribution in [-0.4, -0.2) is 44.1 Å². The van der Waals surface area contributed by atoms with Gasteiger partial charge in [-0.3, -0.25) is 14.5 Å². The van der Waals surface area contributed by atoms with Crippen molar-refractivity contribution in [3.8, 4) is 5.75 Å². The van der Waals surface area contributed by atoms with E-state index >= 15 is 0 Å². The lowest BCUT2D eigenvalue weighted by Gasteiger charge is -2.15. The van der Waals surface area contributed by atoms with Crippen molar-refractivity contribution in [2.24, 2.45) is 0 Å². The summed E-state index contributed by atoms with van der Waals surface area (Å²) in [6.07, 6.45) is 0.525. The highest BCUT2D eigenvalue weighted by Crippen LogP contribution is 2.31. The lowest BCUT2D eigenvalue weighted by molar-refractivity contribution is -0.136. The summed E-state index contributed by atoms with van der Waals surface area (Å²) >= 11 is 0. The van der Waals surface area contributed by atoms with Gasteiger partial charge < -0.3 is 14.8 Å². The maximum Gasteiger partial charge on any atom is 0.278 e. The van der Waals surface area contributed by atoms with E-state index in [1.807, 2.05) is 0 Å². The zero-order valence-electron chi connectivity index (χ0n) is 15.7. The molecule has 7 heteroatoms. The zero-order chi connectivity index (χ0) is 20.1. The zero-order valence-corrected chi connectivity index (χ0v) is 15.7. The van der Waals surface area contributed by atoms with Crippen LogP contribution >= 0.6 is 0 Å². The first-order chi connectivity index (χ1) is 13.5. The van der Waals surface area contributed by atoms with E-state index in [1.54, 1.807) is 38.5 Å². The van der Waals surface area contributed by atoms with E-state index in [-0.39, 0.29) is 17.8 Å². The fourth-order valence-corrected chi connectivity index (χ4v) is 2.99. The summed E-state index contributed by atoms with van der Waals surface area (Å²) in [7, 11) is 3.11. The highest BCUT2D eigenvalue weighted by molar-refractivity contribution is 6.36. The van der Waals surface area contributed by atoms with Crippen molar-refractivity contribution in [2.45, 2.75) is 6.42 Å². The smallest absolute Gasteiger partial charge is 0.278 e. The summed E-state index contributed by atoms with van der Waals surface area (Å²) in [6.45, 7) is 0.668. The van der Waals surface area contributed by atoms with Crippen LogP contribution < -0.4 is 10.1 Å². The number of hydrogen-bond donors (Lipinski definition) is 1. The molecule has 2 amide bonds. The summed E-state index contributed by atoms with van der Waals surface area (Å²) < 4.78 is 23.6. The number of nitrogens with zero attached hydrogens (tertiary/aromatic N) is 1. The lowest BCUT2D eigenvalue weighted by Crippen LogP contribution is -2.33. The molecule has 0 atom stereocenters. The molecule has 2 aromatic carbocycles. The molecule has 2 aromatic rings. The van der Waals surface area contributed by atoms with Gasteiger partial charge in [0.1, 0.15) is 17.3 Å². The van der Waals surface area contributed by atoms with Gasteiger partial charge in [-0.05, 0) is 36.2 Å². The number of hydrogen-bond acceptors (Lipinski definition) is 5. The Labute approximate surface area is 162 Å². The number of benzene rings is 2. The molecule has 0 spiro atoms. The average Bonchev–Trinajstić information content (AvgIpc) is 2.93. The SMILES string of the molecule is COCCCN1C(=O)C(Nc2cccc(OC)c2)=C(c2ccc(F)cc2)C1=O. The topological polar surface area (TPSA) is 67.9 Å². The van der Waals surface area contributed by atoms with Crippen LogP contribution in [0.4, 0.5) is 10.1 Å². The lowest BCUT2D eigenvalue weighted by atomic mass is 10.0. The Bertz CT molecular complexity index is 909. The van der Waals surface area contributed by atoms with E-state index in [0.717, 1.165) is 0 Å². The maximum atomic E-state index is 13.3. The average molecular weight is 384 g/mol. The van der Waals surface area contributed by atoms with Crippen LogP contribution in [0, 0.1) is 5.82 Å². The summed E-state index contributed by atoms with van der Waals surface area (Å²) in [6, 6.07) is 12.5. The molecular weight excluding hydrogens is 363 g/mol. The second-order valence-electron chi connectivity index (χ2n) is 6.22. The minimum absolute atomic E-state index is 0.155. The maximum absolute atomic E-state index is 13.3. The normalized spacial score (nSPS) is 14.0. The molecule has 1 aliphatic heterocycles. The van der Waals surface area contributed by atoms with Crippen molar-refractivity contribution < 1.29 is 23.5 Å². The first-order valence-corrected chi connectivity index (χ1v) is 8.81. The van der Waals surface area contributed by atoms with Gasteiger partial charge in [0, 0.05) is 32.0 Å². The van der Waals surface area contributed by atoms with Gasteiger partial charge >= 0.3 is 0 Å². The van der Waals surface area contributed by atoms with Gasteiger partial charge in [0.25, 0.3) is 11.8 Å². The van der Waals surface area contributed by atoms with Crippen molar-refractivity contribution in [3.05, 3.63) is 65.6 Å². The molecule has 0 fully saturated rings.